The van der Waals surface area contributed by atoms with Crippen LogP contribution in [-0.4, -0.2) is 23.7 Å². The van der Waals surface area contributed by atoms with Crippen LogP contribution in [0.2, 0.25) is 0 Å². The Morgan fingerprint density at radius 1 is 1.47 bits per heavy atom. The molecule has 0 bridgehead atoms. The third kappa shape index (κ3) is 4.58. The number of halogens is 2. The Bertz CT molecular complexity index is 457. The van der Waals surface area contributed by atoms with E-state index in [4.69, 9.17) is 5.11 Å². The first-order chi connectivity index (χ1) is 8.75. The van der Waals surface area contributed by atoms with Crippen LogP contribution in [-0.2, 0) is 0 Å². The summed E-state index contributed by atoms with van der Waals surface area (Å²) in [6, 6.07) is 4.10. The second kappa shape index (κ2) is 6.48. The van der Waals surface area contributed by atoms with Gasteiger partial charge in [0.15, 0.2) is 0 Å². The molecule has 1 amide bonds. The monoisotopic (exact) mass is 331 g/mol. The molecule has 3 nitrogen and oxygen atoms in total. The third-order valence-corrected chi connectivity index (χ3v) is 3.44. The summed E-state index contributed by atoms with van der Waals surface area (Å²) in [5, 5.41) is 11.8. The molecule has 0 radical (unpaired) electrons. The highest BCUT2D eigenvalue weighted by Crippen LogP contribution is 2.22. The number of amides is 1. The van der Waals surface area contributed by atoms with Gasteiger partial charge in [0.2, 0.25) is 0 Å². The zero-order chi connectivity index (χ0) is 14.6. The Morgan fingerprint density at radius 3 is 2.58 bits per heavy atom. The van der Waals surface area contributed by atoms with E-state index in [1.54, 1.807) is 6.07 Å². The molecule has 5 heteroatoms. The van der Waals surface area contributed by atoms with Crippen molar-refractivity contribution in [2.45, 2.75) is 33.2 Å². The van der Waals surface area contributed by atoms with E-state index in [1.807, 2.05) is 20.8 Å². The van der Waals surface area contributed by atoms with Gasteiger partial charge in [0, 0.05) is 17.1 Å². The van der Waals surface area contributed by atoms with Crippen molar-refractivity contribution in [3.63, 3.8) is 0 Å². The summed E-state index contributed by atoms with van der Waals surface area (Å²) in [5.74, 6) is -1.03. The lowest BCUT2D eigenvalue weighted by atomic mass is 9.84. The lowest BCUT2D eigenvalue weighted by Crippen LogP contribution is -2.44. The molecule has 0 spiro atoms. The smallest absolute Gasteiger partial charge is 0.254 e. The van der Waals surface area contributed by atoms with Crippen molar-refractivity contribution in [1.82, 2.24) is 5.32 Å². The number of aliphatic hydroxyl groups is 1. The molecular formula is C14H19BrFNO2. The van der Waals surface area contributed by atoms with Gasteiger partial charge in [-0.05, 0) is 30.0 Å². The lowest BCUT2D eigenvalue weighted by Gasteiger charge is -2.31. The normalized spacial score (nSPS) is 13.2. The van der Waals surface area contributed by atoms with Gasteiger partial charge in [-0.3, -0.25) is 4.79 Å². The van der Waals surface area contributed by atoms with E-state index in [9.17, 15) is 9.18 Å². The Labute approximate surface area is 121 Å². The van der Waals surface area contributed by atoms with Gasteiger partial charge in [-0.1, -0.05) is 36.7 Å². The highest BCUT2D eigenvalue weighted by Gasteiger charge is 2.26. The molecule has 0 aliphatic rings. The Balaban J connectivity index is 2.88. The second-order valence-electron chi connectivity index (χ2n) is 5.53. The summed E-state index contributed by atoms with van der Waals surface area (Å²) in [6.07, 6.45) is 0.438. The molecule has 0 heterocycles. The maximum Gasteiger partial charge on any atom is 0.254 e. The van der Waals surface area contributed by atoms with E-state index in [0.29, 0.717) is 10.9 Å². The number of nitrogens with one attached hydrogen (secondary N) is 1. The van der Waals surface area contributed by atoms with Gasteiger partial charge in [0.1, 0.15) is 5.82 Å². The predicted molar refractivity (Wildman–Crippen MR) is 76.5 cm³/mol. The van der Waals surface area contributed by atoms with Crippen molar-refractivity contribution in [2.75, 3.05) is 6.61 Å². The molecule has 0 aliphatic carbocycles. The first kappa shape index (κ1) is 16.1. The fourth-order valence-corrected chi connectivity index (χ4v) is 2.09. The summed E-state index contributed by atoms with van der Waals surface area (Å²) in [4.78, 5) is 12.1. The number of hydrogen-bond acceptors (Lipinski definition) is 2. The minimum absolute atomic E-state index is 0.00962. The van der Waals surface area contributed by atoms with Gasteiger partial charge in [0.25, 0.3) is 5.91 Å². The zero-order valence-electron chi connectivity index (χ0n) is 11.3. The average molecular weight is 332 g/mol. The fraction of sp³-hybridized carbons (Fsp3) is 0.500. The predicted octanol–water partition coefficient (Wildman–Crippen LogP) is 3.12. The number of rotatable bonds is 4. The molecule has 1 aromatic rings. The largest absolute Gasteiger partial charge is 0.396 e. The van der Waals surface area contributed by atoms with Gasteiger partial charge in [-0.25, -0.2) is 4.39 Å². The molecule has 0 aliphatic heterocycles. The van der Waals surface area contributed by atoms with E-state index < -0.39 is 11.7 Å². The van der Waals surface area contributed by atoms with E-state index in [1.165, 1.54) is 12.1 Å². The molecule has 2 N–H and O–H groups in total. The van der Waals surface area contributed by atoms with Gasteiger partial charge in [0.05, 0.1) is 5.56 Å². The average Bonchev–Trinajstić information content (AvgIpc) is 2.26. The van der Waals surface area contributed by atoms with Crippen molar-refractivity contribution in [1.29, 1.82) is 0 Å². The highest BCUT2D eigenvalue weighted by molar-refractivity contribution is 9.10. The molecule has 0 aromatic heterocycles. The van der Waals surface area contributed by atoms with Crippen LogP contribution in [0, 0.1) is 11.2 Å². The van der Waals surface area contributed by atoms with Crippen LogP contribution in [0.3, 0.4) is 0 Å². The summed E-state index contributed by atoms with van der Waals surface area (Å²) >= 11 is 3.15. The van der Waals surface area contributed by atoms with Crippen LogP contribution in [0.15, 0.2) is 22.7 Å². The van der Waals surface area contributed by atoms with Gasteiger partial charge in [-0.2, -0.15) is 0 Å². The maximum absolute atomic E-state index is 13.7. The van der Waals surface area contributed by atoms with Crippen LogP contribution in [0.1, 0.15) is 37.6 Å². The first-order valence-electron chi connectivity index (χ1n) is 6.12. The zero-order valence-corrected chi connectivity index (χ0v) is 12.9. The molecule has 106 valence electrons. The van der Waals surface area contributed by atoms with Crippen LogP contribution in [0.25, 0.3) is 0 Å². The van der Waals surface area contributed by atoms with Gasteiger partial charge in [-0.15, -0.1) is 0 Å². The summed E-state index contributed by atoms with van der Waals surface area (Å²) in [7, 11) is 0. The van der Waals surface area contributed by atoms with Crippen molar-refractivity contribution in [3.8, 4) is 0 Å². The van der Waals surface area contributed by atoms with Crippen molar-refractivity contribution >= 4 is 21.8 Å². The maximum atomic E-state index is 13.7. The summed E-state index contributed by atoms with van der Waals surface area (Å²) in [5.41, 5.74) is -0.195. The molecule has 1 unspecified atom stereocenters. The van der Waals surface area contributed by atoms with Gasteiger partial charge < -0.3 is 10.4 Å². The molecule has 0 saturated heterocycles. The second-order valence-corrected chi connectivity index (χ2v) is 6.44. The molecule has 1 rings (SSSR count). The quantitative estimate of drug-likeness (QED) is 0.890. The molecule has 0 saturated carbocycles. The van der Waals surface area contributed by atoms with E-state index in [2.05, 4.69) is 21.2 Å². The number of carbonyl (C=O) groups is 1. The lowest BCUT2D eigenvalue weighted by molar-refractivity contribution is 0.0881. The number of aliphatic hydroxyl groups excluding tert-OH is 1. The van der Waals surface area contributed by atoms with Crippen LogP contribution in [0.4, 0.5) is 4.39 Å². The summed E-state index contributed by atoms with van der Waals surface area (Å²) in [6.45, 7) is 5.87. The Hall–Kier alpha value is -0.940. The molecule has 1 aromatic carbocycles. The fourth-order valence-electron chi connectivity index (χ4n) is 1.76. The highest BCUT2D eigenvalue weighted by atomic mass is 79.9. The Morgan fingerprint density at radius 2 is 2.11 bits per heavy atom. The van der Waals surface area contributed by atoms with E-state index in [0.717, 1.165) is 0 Å². The number of benzene rings is 1. The van der Waals surface area contributed by atoms with Crippen molar-refractivity contribution in [3.05, 3.63) is 34.1 Å². The van der Waals surface area contributed by atoms with Crippen LogP contribution < -0.4 is 5.32 Å². The number of carbonyl (C=O) groups excluding carboxylic acids is 1. The van der Waals surface area contributed by atoms with E-state index in [-0.39, 0.29) is 23.6 Å². The topological polar surface area (TPSA) is 49.3 Å². The minimum Gasteiger partial charge on any atom is -0.396 e. The van der Waals surface area contributed by atoms with Crippen molar-refractivity contribution < 1.29 is 14.3 Å². The van der Waals surface area contributed by atoms with Crippen LogP contribution in [0.5, 0.6) is 0 Å². The number of hydrogen-bond donors (Lipinski definition) is 2. The summed E-state index contributed by atoms with van der Waals surface area (Å²) < 4.78 is 14.3. The minimum atomic E-state index is -0.566. The molecule has 0 fully saturated rings. The Kier molecular flexibility index (Phi) is 5.50. The third-order valence-electron chi connectivity index (χ3n) is 2.94. The first-order valence-corrected chi connectivity index (χ1v) is 6.91. The van der Waals surface area contributed by atoms with Crippen LogP contribution >= 0.6 is 15.9 Å². The molecule has 1 atom stereocenters. The molecule has 19 heavy (non-hydrogen) atoms. The van der Waals surface area contributed by atoms with Crippen molar-refractivity contribution in [2.24, 2.45) is 5.41 Å². The standard InChI is InChI=1S/C14H19BrFNO2/c1-14(2,3)12(6-7-18)17-13(19)10-5-4-9(15)8-11(10)16/h4-5,8,12,18H,6-7H2,1-3H3,(H,17,19). The SMILES string of the molecule is CC(C)(C)C(CCO)NC(=O)c1ccc(Br)cc1F. The molecular weight excluding hydrogens is 313 g/mol. The van der Waals surface area contributed by atoms with E-state index >= 15 is 0 Å². The van der Waals surface area contributed by atoms with Gasteiger partial charge >= 0.3 is 0 Å².